The van der Waals surface area contributed by atoms with Gasteiger partial charge in [-0.2, -0.15) is 0 Å². The van der Waals surface area contributed by atoms with Crippen molar-refractivity contribution < 1.29 is 10.2 Å². The number of rotatable bonds is 6. The summed E-state index contributed by atoms with van der Waals surface area (Å²) >= 11 is 0. The standard InChI is InChI=1S/C26H34O2/c1-18(2)17-19(3)26(4,23-11-15-25(28)16-12-23)22-9-5-20(6-10-22)21-7-13-24(27)14-8-21/h5,7-8,11-16,18-19,22,27-28H,6,9-10,17H2,1-4H3. The van der Waals surface area contributed by atoms with Gasteiger partial charge in [-0.25, -0.2) is 0 Å². The fourth-order valence-electron chi connectivity index (χ4n) is 5.01. The molecule has 0 fully saturated rings. The van der Waals surface area contributed by atoms with Gasteiger partial charge in [0.1, 0.15) is 11.5 Å². The van der Waals surface area contributed by atoms with E-state index in [0.29, 0.717) is 29.3 Å². The van der Waals surface area contributed by atoms with Crippen LogP contribution in [-0.4, -0.2) is 10.2 Å². The van der Waals surface area contributed by atoms with Crippen LogP contribution >= 0.6 is 0 Å². The van der Waals surface area contributed by atoms with Crippen LogP contribution in [0, 0.1) is 17.8 Å². The summed E-state index contributed by atoms with van der Waals surface area (Å²) in [6.45, 7) is 9.43. The Morgan fingerprint density at radius 1 is 0.929 bits per heavy atom. The first-order chi connectivity index (χ1) is 13.3. The van der Waals surface area contributed by atoms with Crippen LogP contribution in [0.4, 0.5) is 0 Å². The molecule has 2 aromatic carbocycles. The summed E-state index contributed by atoms with van der Waals surface area (Å²) in [5.74, 6) is 2.46. The van der Waals surface area contributed by atoms with E-state index >= 15 is 0 Å². The van der Waals surface area contributed by atoms with Crippen LogP contribution < -0.4 is 0 Å². The largest absolute Gasteiger partial charge is 0.508 e. The van der Waals surface area contributed by atoms with Gasteiger partial charge in [-0.1, -0.05) is 58.0 Å². The van der Waals surface area contributed by atoms with Crippen molar-refractivity contribution in [3.8, 4) is 11.5 Å². The lowest BCUT2D eigenvalue weighted by Crippen LogP contribution is -2.40. The lowest BCUT2D eigenvalue weighted by Gasteiger charge is -2.45. The topological polar surface area (TPSA) is 40.5 Å². The van der Waals surface area contributed by atoms with Gasteiger partial charge < -0.3 is 10.2 Å². The number of hydrogen-bond acceptors (Lipinski definition) is 2. The molecule has 3 rings (SSSR count). The maximum Gasteiger partial charge on any atom is 0.115 e. The van der Waals surface area contributed by atoms with Crippen molar-refractivity contribution in [2.24, 2.45) is 17.8 Å². The van der Waals surface area contributed by atoms with E-state index in [-0.39, 0.29) is 5.41 Å². The average Bonchev–Trinajstić information content (AvgIpc) is 2.68. The second-order valence-electron chi connectivity index (χ2n) is 9.11. The van der Waals surface area contributed by atoms with E-state index in [1.54, 1.807) is 12.1 Å². The summed E-state index contributed by atoms with van der Waals surface area (Å²) in [6, 6.07) is 15.5. The van der Waals surface area contributed by atoms with Gasteiger partial charge in [0.25, 0.3) is 0 Å². The minimum atomic E-state index is 0.0783. The number of hydrogen-bond donors (Lipinski definition) is 2. The minimum absolute atomic E-state index is 0.0783. The Kier molecular flexibility index (Phi) is 6.17. The summed E-state index contributed by atoms with van der Waals surface area (Å²) < 4.78 is 0. The Labute approximate surface area is 169 Å². The number of benzene rings is 2. The normalized spacial score (nSPS) is 20.5. The van der Waals surface area contributed by atoms with Gasteiger partial charge in [-0.05, 0) is 89.8 Å². The van der Waals surface area contributed by atoms with Crippen LogP contribution in [0.1, 0.15) is 64.5 Å². The zero-order valence-corrected chi connectivity index (χ0v) is 17.7. The molecule has 150 valence electrons. The van der Waals surface area contributed by atoms with E-state index in [1.165, 1.54) is 23.1 Å². The fourth-order valence-corrected chi connectivity index (χ4v) is 5.01. The van der Waals surface area contributed by atoms with Crippen LogP contribution in [0.15, 0.2) is 54.6 Å². The lowest BCUT2D eigenvalue weighted by molar-refractivity contribution is 0.167. The zero-order valence-electron chi connectivity index (χ0n) is 17.7. The van der Waals surface area contributed by atoms with E-state index in [2.05, 4.69) is 45.9 Å². The van der Waals surface area contributed by atoms with E-state index < -0.39 is 0 Å². The fraction of sp³-hybridized carbons (Fsp3) is 0.462. The van der Waals surface area contributed by atoms with Crippen LogP contribution in [0.2, 0.25) is 0 Å². The van der Waals surface area contributed by atoms with Crippen molar-refractivity contribution in [2.45, 2.75) is 58.8 Å². The Hall–Kier alpha value is -2.22. The zero-order chi connectivity index (χ0) is 20.3. The first kappa shape index (κ1) is 20.5. The molecule has 0 saturated heterocycles. The molecule has 0 spiro atoms. The van der Waals surface area contributed by atoms with Gasteiger partial charge in [0, 0.05) is 0 Å². The molecule has 2 heteroatoms. The number of phenolic OH excluding ortho intramolecular Hbond substituents is 2. The van der Waals surface area contributed by atoms with Gasteiger partial charge in [0.05, 0.1) is 0 Å². The third-order valence-corrected chi connectivity index (χ3v) is 6.84. The average molecular weight is 379 g/mol. The van der Waals surface area contributed by atoms with Crippen molar-refractivity contribution >= 4 is 5.57 Å². The highest BCUT2D eigenvalue weighted by Crippen LogP contribution is 2.48. The molecule has 2 nitrogen and oxygen atoms in total. The van der Waals surface area contributed by atoms with Gasteiger partial charge in [-0.15, -0.1) is 0 Å². The quantitative estimate of drug-likeness (QED) is 0.572. The Morgan fingerprint density at radius 3 is 2.00 bits per heavy atom. The lowest BCUT2D eigenvalue weighted by atomic mass is 9.59. The molecule has 0 aromatic heterocycles. The highest BCUT2D eigenvalue weighted by atomic mass is 16.3. The van der Waals surface area contributed by atoms with Gasteiger partial charge in [0.2, 0.25) is 0 Å². The summed E-state index contributed by atoms with van der Waals surface area (Å²) in [6.07, 6.45) is 6.89. The van der Waals surface area contributed by atoms with Crippen molar-refractivity contribution in [3.63, 3.8) is 0 Å². The molecule has 0 heterocycles. The molecule has 0 bridgehead atoms. The second-order valence-corrected chi connectivity index (χ2v) is 9.11. The summed E-state index contributed by atoms with van der Waals surface area (Å²) in [4.78, 5) is 0. The predicted octanol–water partition coefficient (Wildman–Crippen LogP) is 6.92. The third kappa shape index (κ3) is 4.27. The van der Waals surface area contributed by atoms with Gasteiger partial charge in [0.15, 0.2) is 0 Å². The maximum atomic E-state index is 9.77. The smallest absolute Gasteiger partial charge is 0.115 e. The van der Waals surface area contributed by atoms with Crippen LogP contribution in [-0.2, 0) is 5.41 Å². The molecule has 1 aliphatic rings. The minimum Gasteiger partial charge on any atom is -0.508 e. The molecule has 0 radical (unpaired) electrons. The molecule has 0 amide bonds. The van der Waals surface area contributed by atoms with E-state index in [4.69, 9.17) is 0 Å². The van der Waals surface area contributed by atoms with Crippen molar-refractivity contribution in [3.05, 3.63) is 65.7 Å². The molecule has 3 unspecified atom stereocenters. The van der Waals surface area contributed by atoms with Crippen LogP contribution in [0.3, 0.4) is 0 Å². The summed E-state index contributed by atoms with van der Waals surface area (Å²) in [5.41, 5.74) is 4.03. The molecule has 0 aliphatic heterocycles. The summed E-state index contributed by atoms with van der Waals surface area (Å²) in [5, 5.41) is 19.3. The maximum absolute atomic E-state index is 9.77. The van der Waals surface area contributed by atoms with E-state index in [0.717, 1.165) is 19.3 Å². The number of aromatic hydroxyl groups is 2. The highest BCUT2D eigenvalue weighted by molar-refractivity contribution is 5.66. The summed E-state index contributed by atoms with van der Waals surface area (Å²) in [7, 11) is 0. The van der Waals surface area contributed by atoms with Crippen molar-refractivity contribution in [1.29, 1.82) is 0 Å². The highest BCUT2D eigenvalue weighted by Gasteiger charge is 2.41. The van der Waals surface area contributed by atoms with Crippen molar-refractivity contribution in [1.82, 2.24) is 0 Å². The molecule has 2 aromatic rings. The van der Waals surface area contributed by atoms with Crippen LogP contribution in [0.5, 0.6) is 11.5 Å². The third-order valence-electron chi connectivity index (χ3n) is 6.84. The SMILES string of the molecule is CC(C)CC(C)C(C)(c1ccc(O)cc1)C1CC=C(c2ccc(O)cc2)CC1. The first-order valence-corrected chi connectivity index (χ1v) is 10.6. The van der Waals surface area contributed by atoms with Crippen LogP contribution in [0.25, 0.3) is 5.57 Å². The number of phenols is 2. The second kappa shape index (κ2) is 8.43. The molecule has 3 atom stereocenters. The van der Waals surface area contributed by atoms with Crippen molar-refractivity contribution in [2.75, 3.05) is 0 Å². The number of allylic oxidation sites excluding steroid dienone is 2. The predicted molar refractivity (Wildman–Crippen MR) is 118 cm³/mol. The van der Waals surface area contributed by atoms with E-state index in [1.807, 2.05) is 24.3 Å². The molecule has 28 heavy (non-hydrogen) atoms. The molecule has 2 N–H and O–H groups in total. The Morgan fingerprint density at radius 2 is 1.50 bits per heavy atom. The molecule has 1 aliphatic carbocycles. The molecule has 0 saturated carbocycles. The first-order valence-electron chi connectivity index (χ1n) is 10.6. The van der Waals surface area contributed by atoms with Gasteiger partial charge >= 0.3 is 0 Å². The monoisotopic (exact) mass is 378 g/mol. The van der Waals surface area contributed by atoms with Gasteiger partial charge in [-0.3, -0.25) is 0 Å². The molecular formula is C26H34O2. The van der Waals surface area contributed by atoms with E-state index in [9.17, 15) is 10.2 Å². The Bertz CT molecular complexity index is 801. The molecular weight excluding hydrogens is 344 g/mol. The Balaban J connectivity index is 1.89.